The van der Waals surface area contributed by atoms with E-state index in [0.29, 0.717) is 12.0 Å². The summed E-state index contributed by atoms with van der Waals surface area (Å²) in [7, 11) is -5.01. The molecule has 5 N–H and O–H groups in total. The van der Waals surface area contributed by atoms with E-state index in [2.05, 4.69) is 4.52 Å². The average molecular weight is 474 g/mol. The Morgan fingerprint density at radius 3 is 2.53 bits per heavy atom. The maximum Gasteiger partial charge on any atom is 0.470 e. The summed E-state index contributed by atoms with van der Waals surface area (Å²) in [6.45, 7) is 1.97. The van der Waals surface area contributed by atoms with Gasteiger partial charge in [-0.25, -0.2) is 8.96 Å². The van der Waals surface area contributed by atoms with E-state index in [-0.39, 0.29) is 25.0 Å². The van der Waals surface area contributed by atoms with Gasteiger partial charge in [-0.1, -0.05) is 18.6 Å². The first-order valence-corrected chi connectivity index (χ1v) is 12.1. The molecule has 1 unspecified atom stereocenters. The molecule has 32 heavy (non-hydrogen) atoms. The molecule has 4 rings (SSSR count). The van der Waals surface area contributed by atoms with E-state index in [0.717, 1.165) is 0 Å². The Morgan fingerprint density at radius 2 is 1.91 bits per heavy atom. The van der Waals surface area contributed by atoms with E-state index in [1.54, 1.807) is 6.92 Å². The van der Waals surface area contributed by atoms with Crippen LogP contribution >= 0.6 is 7.82 Å². The van der Waals surface area contributed by atoms with Crippen LogP contribution in [-0.2, 0) is 18.7 Å². The lowest BCUT2D eigenvalue weighted by atomic mass is 9.44. The first-order valence-electron chi connectivity index (χ1n) is 10.6. The van der Waals surface area contributed by atoms with Crippen molar-refractivity contribution in [2.24, 2.45) is 22.7 Å². The smallest absolute Gasteiger partial charge is 0.390 e. The van der Waals surface area contributed by atoms with Gasteiger partial charge in [-0.15, -0.1) is 0 Å². The lowest BCUT2D eigenvalue weighted by molar-refractivity contribution is -0.222. The molecule has 9 nitrogen and oxygen atoms in total. The number of halogens is 1. The summed E-state index contributed by atoms with van der Waals surface area (Å²) in [4.78, 5) is 42.5. The van der Waals surface area contributed by atoms with Gasteiger partial charge in [-0.05, 0) is 50.7 Å². The van der Waals surface area contributed by atoms with Crippen LogP contribution in [0.15, 0.2) is 23.8 Å². The first kappa shape index (κ1) is 23.9. The van der Waals surface area contributed by atoms with Gasteiger partial charge < -0.3 is 25.1 Å². The maximum atomic E-state index is 16.9. The monoisotopic (exact) mass is 474 g/mol. The Morgan fingerprint density at radius 1 is 1.25 bits per heavy atom. The van der Waals surface area contributed by atoms with Gasteiger partial charge in [-0.2, -0.15) is 0 Å². The van der Waals surface area contributed by atoms with E-state index < -0.39 is 66.4 Å². The number of alkyl halides is 1. The summed E-state index contributed by atoms with van der Waals surface area (Å²) in [5.74, 6) is -2.94. The van der Waals surface area contributed by atoms with Crippen molar-refractivity contribution in [3.63, 3.8) is 0 Å². The second kappa shape index (κ2) is 7.12. The summed E-state index contributed by atoms with van der Waals surface area (Å²) < 4.78 is 32.2. The third kappa shape index (κ3) is 2.94. The van der Waals surface area contributed by atoms with Gasteiger partial charge in [-0.3, -0.25) is 14.1 Å². The highest BCUT2D eigenvalue weighted by Gasteiger charge is 2.76. The Balaban J connectivity index is 1.74. The number of ketones is 2. The highest BCUT2D eigenvalue weighted by molar-refractivity contribution is 7.46. The number of fused-ring (bicyclic) bond motifs is 5. The molecule has 0 saturated heterocycles. The SMILES string of the molecule is C[C@]12C=CC(=O)C=C1CC[C@H]1[C@@H]3C[C@@H](O)[C@](O)(C(=O)COP(=O)(O)O)[C@@]3(C)CC(O)[C@@]12F. The molecule has 3 saturated carbocycles. The number of carbonyl (C=O) groups excluding carboxylic acids is 2. The maximum absolute atomic E-state index is 16.9. The van der Waals surface area contributed by atoms with Gasteiger partial charge in [0.15, 0.2) is 22.8 Å². The molecule has 0 spiro atoms. The fraction of sp³-hybridized carbons (Fsp3) is 0.714. The van der Waals surface area contributed by atoms with E-state index in [1.165, 1.54) is 25.2 Å². The second-order valence-corrected chi connectivity index (χ2v) is 11.2. The van der Waals surface area contributed by atoms with Crippen molar-refractivity contribution in [2.75, 3.05) is 6.61 Å². The summed E-state index contributed by atoms with van der Waals surface area (Å²) >= 11 is 0. The number of hydrogen-bond acceptors (Lipinski definition) is 7. The minimum atomic E-state index is -5.01. The molecule has 11 heteroatoms. The van der Waals surface area contributed by atoms with Gasteiger partial charge in [0.2, 0.25) is 0 Å². The number of carbonyl (C=O) groups is 2. The molecule has 0 heterocycles. The standard InChI is InChI=1S/C21H28FO9P/c1-18-6-5-12(23)7-11(18)3-4-13-14-8-15(24)21(27,17(26)10-31-32(28,29)30)19(14,2)9-16(25)20(13,18)22/h5-7,13-16,24-25,27H,3-4,8-10H2,1-2H3,(H2,28,29,30)/t13-,14-,15+,16?,18-,19-,20-,21-/m0/s1. The number of aliphatic hydroxyl groups is 3. The highest BCUT2D eigenvalue weighted by atomic mass is 31.2. The van der Waals surface area contributed by atoms with E-state index in [1.807, 2.05) is 0 Å². The fourth-order valence-electron chi connectivity index (χ4n) is 6.98. The molecule has 0 aromatic rings. The van der Waals surface area contributed by atoms with Crippen LogP contribution in [0.1, 0.15) is 39.5 Å². The van der Waals surface area contributed by atoms with Crippen molar-refractivity contribution in [3.8, 4) is 0 Å². The van der Waals surface area contributed by atoms with Crippen LogP contribution in [0.2, 0.25) is 0 Å². The highest BCUT2D eigenvalue weighted by Crippen LogP contribution is 2.69. The number of phosphoric ester groups is 1. The minimum Gasteiger partial charge on any atom is -0.390 e. The van der Waals surface area contributed by atoms with Crippen LogP contribution in [0.25, 0.3) is 0 Å². The van der Waals surface area contributed by atoms with Crippen molar-refractivity contribution in [1.29, 1.82) is 0 Å². The van der Waals surface area contributed by atoms with Crippen LogP contribution in [0, 0.1) is 22.7 Å². The Kier molecular flexibility index (Phi) is 5.31. The van der Waals surface area contributed by atoms with Crippen LogP contribution in [0.5, 0.6) is 0 Å². The molecule has 178 valence electrons. The fourth-order valence-corrected chi connectivity index (χ4v) is 7.27. The second-order valence-electron chi connectivity index (χ2n) is 9.97. The van der Waals surface area contributed by atoms with Crippen molar-refractivity contribution in [2.45, 2.75) is 63.0 Å². The number of aliphatic hydroxyl groups excluding tert-OH is 2. The van der Waals surface area contributed by atoms with Gasteiger partial charge in [0, 0.05) is 16.7 Å². The van der Waals surface area contributed by atoms with Crippen molar-refractivity contribution < 1.29 is 48.2 Å². The topological polar surface area (TPSA) is 162 Å². The normalized spacial score (nSPS) is 48.0. The van der Waals surface area contributed by atoms with E-state index in [9.17, 15) is 29.5 Å². The molecular formula is C21H28FO9P. The number of allylic oxidation sites excluding steroid dienone is 4. The zero-order valence-corrected chi connectivity index (χ0v) is 18.7. The molecule has 0 aromatic carbocycles. The Labute approximate surface area is 184 Å². The number of phosphoric acid groups is 1. The lowest BCUT2D eigenvalue weighted by Crippen LogP contribution is -2.69. The number of rotatable bonds is 4. The van der Waals surface area contributed by atoms with Crippen LogP contribution in [0.4, 0.5) is 4.39 Å². The average Bonchev–Trinajstić information content (AvgIpc) is 2.89. The molecule has 3 fully saturated rings. The molecule has 0 bridgehead atoms. The van der Waals surface area contributed by atoms with E-state index in [4.69, 9.17) is 9.79 Å². The molecule has 0 amide bonds. The number of hydrogen-bond donors (Lipinski definition) is 5. The number of Topliss-reactive ketones (excluding diaryl/α,β-unsaturated/α-hetero) is 1. The molecule has 8 atom stereocenters. The van der Waals surface area contributed by atoms with Crippen LogP contribution in [-0.4, -0.2) is 66.8 Å². The van der Waals surface area contributed by atoms with Crippen LogP contribution in [0.3, 0.4) is 0 Å². The summed E-state index contributed by atoms with van der Waals surface area (Å²) in [6, 6.07) is 0. The molecule has 0 radical (unpaired) electrons. The quantitative estimate of drug-likeness (QED) is 0.370. The zero-order chi connectivity index (χ0) is 23.9. The van der Waals surface area contributed by atoms with Gasteiger partial charge in [0.25, 0.3) is 0 Å². The van der Waals surface area contributed by atoms with Gasteiger partial charge >= 0.3 is 7.82 Å². The van der Waals surface area contributed by atoms with Gasteiger partial charge in [0.05, 0.1) is 12.2 Å². The summed E-state index contributed by atoms with van der Waals surface area (Å²) in [5, 5.41) is 33.2. The molecule has 4 aliphatic rings. The largest absolute Gasteiger partial charge is 0.470 e. The molecule has 0 aromatic heterocycles. The van der Waals surface area contributed by atoms with Crippen molar-refractivity contribution in [1.82, 2.24) is 0 Å². The minimum absolute atomic E-state index is 0.129. The Hall–Kier alpha value is -1.26. The first-order chi connectivity index (χ1) is 14.6. The van der Waals surface area contributed by atoms with E-state index >= 15 is 4.39 Å². The van der Waals surface area contributed by atoms with Gasteiger partial charge in [0.1, 0.15) is 6.61 Å². The molecule has 4 aliphatic carbocycles. The molecule has 0 aliphatic heterocycles. The third-order valence-corrected chi connectivity index (χ3v) is 9.12. The van der Waals surface area contributed by atoms with Crippen LogP contribution < -0.4 is 0 Å². The lowest BCUT2D eigenvalue weighted by Gasteiger charge is -2.62. The zero-order valence-electron chi connectivity index (χ0n) is 17.8. The predicted octanol–water partition coefficient (Wildman–Crippen LogP) is 0.737. The third-order valence-electron chi connectivity index (χ3n) is 8.65. The summed E-state index contributed by atoms with van der Waals surface area (Å²) in [6.07, 6.45) is 0.996. The predicted molar refractivity (Wildman–Crippen MR) is 108 cm³/mol. The molecular weight excluding hydrogens is 446 g/mol. The van der Waals surface area contributed by atoms with Crippen molar-refractivity contribution in [3.05, 3.63) is 23.8 Å². The van der Waals surface area contributed by atoms with Crippen molar-refractivity contribution >= 4 is 19.4 Å². The Bertz CT molecular complexity index is 974. The summed E-state index contributed by atoms with van der Waals surface area (Å²) in [5.41, 5.74) is -6.83.